The van der Waals surface area contributed by atoms with Crippen LogP contribution in [-0.4, -0.2) is 29.1 Å². The van der Waals surface area contributed by atoms with Gasteiger partial charge in [0.15, 0.2) is 0 Å². The number of phenols is 1. The van der Waals surface area contributed by atoms with Crippen LogP contribution in [0.3, 0.4) is 0 Å². The fraction of sp³-hybridized carbons (Fsp3) is 0.133. The van der Waals surface area contributed by atoms with Crippen molar-refractivity contribution >= 4 is 23.3 Å². The number of hydrogen-bond acceptors (Lipinski definition) is 5. The summed E-state index contributed by atoms with van der Waals surface area (Å²) in [5, 5.41) is 24.0. The van der Waals surface area contributed by atoms with Crippen molar-refractivity contribution in [2.45, 2.75) is 0 Å². The number of nitriles is 1. The predicted octanol–water partition coefficient (Wildman–Crippen LogP) is 2.15. The molecule has 0 saturated carbocycles. The molecule has 1 aromatic carbocycles. The quantitative estimate of drug-likeness (QED) is 0.734. The molecule has 0 radical (unpaired) electrons. The Morgan fingerprint density at radius 2 is 2.14 bits per heavy atom. The van der Waals surface area contributed by atoms with Gasteiger partial charge in [-0.1, -0.05) is 11.6 Å². The molecule has 0 atom stereocenters. The SMILES string of the molecule is N#Cc1ccc(NCCNC(=O)c2cc(O)ccc2Cl)nc1. The highest BCUT2D eigenvalue weighted by atomic mass is 35.5. The number of nitrogens with zero attached hydrogens (tertiary/aromatic N) is 2. The average molecular weight is 317 g/mol. The third kappa shape index (κ3) is 4.11. The molecule has 0 fully saturated rings. The number of anilines is 1. The molecule has 0 spiro atoms. The van der Waals surface area contributed by atoms with Crippen LogP contribution in [0.25, 0.3) is 0 Å². The zero-order valence-electron chi connectivity index (χ0n) is 11.5. The molecule has 2 aromatic rings. The van der Waals surface area contributed by atoms with Crippen molar-refractivity contribution in [3.05, 3.63) is 52.7 Å². The number of rotatable bonds is 5. The molecule has 0 aliphatic rings. The summed E-state index contributed by atoms with van der Waals surface area (Å²) >= 11 is 5.90. The molecule has 0 aliphatic carbocycles. The number of pyridine rings is 1. The summed E-state index contributed by atoms with van der Waals surface area (Å²) in [6, 6.07) is 9.51. The Morgan fingerprint density at radius 1 is 1.32 bits per heavy atom. The van der Waals surface area contributed by atoms with E-state index in [1.54, 1.807) is 12.1 Å². The normalized spacial score (nSPS) is 9.82. The number of aromatic hydroxyl groups is 1. The van der Waals surface area contributed by atoms with Crippen molar-refractivity contribution < 1.29 is 9.90 Å². The molecule has 0 unspecified atom stereocenters. The highest BCUT2D eigenvalue weighted by Crippen LogP contribution is 2.20. The standard InChI is InChI=1S/C15H13ClN4O2/c16-13-3-2-11(21)7-12(13)15(22)19-6-5-18-14-4-1-10(8-17)9-20-14/h1-4,7,9,21H,5-6H2,(H,18,20)(H,19,22). The molecule has 1 amide bonds. The lowest BCUT2D eigenvalue weighted by molar-refractivity contribution is 0.0955. The number of aromatic nitrogens is 1. The molecule has 1 heterocycles. The Labute approximate surface area is 132 Å². The van der Waals surface area contributed by atoms with Crippen LogP contribution in [0.4, 0.5) is 5.82 Å². The first kappa shape index (κ1) is 15.6. The third-order valence-corrected chi connectivity index (χ3v) is 3.13. The Morgan fingerprint density at radius 3 is 2.82 bits per heavy atom. The van der Waals surface area contributed by atoms with Gasteiger partial charge in [0.05, 0.1) is 16.1 Å². The van der Waals surface area contributed by atoms with Crippen molar-refractivity contribution in [1.82, 2.24) is 10.3 Å². The average Bonchev–Trinajstić information content (AvgIpc) is 2.54. The van der Waals surface area contributed by atoms with Crippen LogP contribution in [0.2, 0.25) is 5.02 Å². The number of benzene rings is 1. The molecule has 1 aromatic heterocycles. The van der Waals surface area contributed by atoms with Gasteiger partial charge >= 0.3 is 0 Å². The topological polar surface area (TPSA) is 98.0 Å². The van der Waals surface area contributed by atoms with Crippen LogP contribution >= 0.6 is 11.6 Å². The van der Waals surface area contributed by atoms with E-state index in [-0.39, 0.29) is 22.2 Å². The van der Waals surface area contributed by atoms with Crippen LogP contribution in [0, 0.1) is 11.3 Å². The molecule has 0 saturated heterocycles. The van der Waals surface area contributed by atoms with Gasteiger partial charge in [0, 0.05) is 19.3 Å². The third-order valence-electron chi connectivity index (χ3n) is 2.80. The van der Waals surface area contributed by atoms with Gasteiger partial charge in [-0.2, -0.15) is 5.26 Å². The molecule has 112 valence electrons. The van der Waals surface area contributed by atoms with Crippen LogP contribution in [0.15, 0.2) is 36.5 Å². The molecule has 22 heavy (non-hydrogen) atoms. The maximum atomic E-state index is 11.9. The smallest absolute Gasteiger partial charge is 0.252 e. The number of carbonyl (C=O) groups excluding carboxylic acids is 1. The first-order valence-corrected chi connectivity index (χ1v) is 6.84. The largest absolute Gasteiger partial charge is 0.508 e. The van der Waals surface area contributed by atoms with E-state index in [2.05, 4.69) is 15.6 Å². The van der Waals surface area contributed by atoms with Gasteiger partial charge in [-0.3, -0.25) is 4.79 Å². The number of carbonyl (C=O) groups is 1. The number of hydrogen-bond donors (Lipinski definition) is 3. The van der Waals surface area contributed by atoms with Crippen LogP contribution in [-0.2, 0) is 0 Å². The monoisotopic (exact) mass is 316 g/mol. The molecule has 7 heteroatoms. The zero-order valence-corrected chi connectivity index (χ0v) is 12.3. The number of nitrogens with one attached hydrogen (secondary N) is 2. The molecule has 6 nitrogen and oxygen atoms in total. The highest BCUT2D eigenvalue weighted by molar-refractivity contribution is 6.33. The van der Waals surface area contributed by atoms with Gasteiger partial charge in [0.25, 0.3) is 5.91 Å². The van der Waals surface area contributed by atoms with E-state index in [1.165, 1.54) is 24.4 Å². The summed E-state index contributed by atoms with van der Waals surface area (Å²) in [6.45, 7) is 0.813. The maximum absolute atomic E-state index is 11.9. The first-order valence-electron chi connectivity index (χ1n) is 6.47. The summed E-state index contributed by atoms with van der Waals surface area (Å²) in [5.74, 6) is 0.230. The minimum absolute atomic E-state index is 0.0190. The van der Waals surface area contributed by atoms with Crippen LogP contribution in [0.5, 0.6) is 5.75 Å². The second-order valence-electron chi connectivity index (χ2n) is 4.39. The van der Waals surface area contributed by atoms with Crippen molar-refractivity contribution in [3.63, 3.8) is 0 Å². The van der Waals surface area contributed by atoms with E-state index in [9.17, 15) is 9.90 Å². The minimum atomic E-state index is -0.365. The second kappa shape index (κ2) is 7.29. The Bertz CT molecular complexity index is 710. The number of amides is 1. The van der Waals surface area contributed by atoms with E-state index >= 15 is 0 Å². The van der Waals surface area contributed by atoms with Gasteiger partial charge < -0.3 is 15.7 Å². The van der Waals surface area contributed by atoms with E-state index in [1.807, 2.05) is 6.07 Å². The van der Waals surface area contributed by atoms with Gasteiger partial charge in [-0.25, -0.2) is 4.98 Å². The van der Waals surface area contributed by atoms with Gasteiger partial charge in [0.2, 0.25) is 0 Å². The molecular weight excluding hydrogens is 304 g/mol. The van der Waals surface area contributed by atoms with E-state index < -0.39 is 0 Å². The summed E-state index contributed by atoms with van der Waals surface area (Å²) < 4.78 is 0. The van der Waals surface area contributed by atoms with Crippen molar-refractivity contribution in [3.8, 4) is 11.8 Å². The molecule has 0 aliphatic heterocycles. The van der Waals surface area contributed by atoms with E-state index in [0.717, 1.165) is 0 Å². The Hall–Kier alpha value is -2.78. The molecule has 2 rings (SSSR count). The summed E-state index contributed by atoms with van der Waals surface area (Å²) in [7, 11) is 0. The van der Waals surface area contributed by atoms with Crippen molar-refractivity contribution in [2.24, 2.45) is 0 Å². The highest BCUT2D eigenvalue weighted by Gasteiger charge is 2.10. The first-order chi connectivity index (χ1) is 10.6. The summed E-state index contributed by atoms with van der Waals surface area (Å²) in [6.07, 6.45) is 1.47. The second-order valence-corrected chi connectivity index (χ2v) is 4.80. The lowest BCUT2D eigenvalue weighted by atomic mass is 10.2. The van der Waals surface area contributed by atoms with E-state index in [4.69, 9.17) is 16.9 Å². The van der Waals surface area contributed by atoms with Gasteiger partial charge in [0.1, 0.15) is 17.6 Å². The fourth-order valence-corrected chi connectivity index (χ4v) is 1.92. The molecule has 3 N–H and O–H groups in total. The summed E-state index contributed by atoms with van der Waals surface area (Å²) in [4.78, 5) is 16.0. The molecule has 0 bridgehead atoms. The zero-order chi connectivity index (χ0) is 15.9. The van der Waals surface area contributed by atoms with E-state index in [0.29, 0.717) is 24.5 Å². The Balaban J connectivity index is 1.82. The predicted molar refractivity (Wildman–Crippen MR) is 82.9 cm³/mol. The number of phenolic OH excluding ortho intramolecular Hbond substituents is 1. The van der Waals surface area contributed by atoms with Gasteiger partial charge in [-0.15, -0.1) is 0 Å². The minimum Gasteiger partial charge on any atom is -0.508 e. The Kier molecular flexibility index (Phi) is 5.17. The lowest BCUT2D eigenvalue weighted by Crippen LogP contribution is -2.29. The summed E-state index contributed by atoms with van der Waals surface area (Å²) in [5.41, 5.74) is 0.704. The van der Waals surface area contributed by atoms with Crippen molar-refractivity contribution in [1.29, 1.82) is 5.26 Å². The van der Waals surface area contributed by atoms with Crippen LogP contribution in [0.1, 0.15) is 15.9 Å². The van der Waals surface area contributed by atoms with Gasteiger partial charge in [-0.05, 0) is 30.3 Å². The lowest BCUT2D eigenvalue weighted by Gasteiger charge is -2.08. The fourth-order valence-electron chi connectivity index (χ4n) is 1.71. The maximum Gasteiger partial charge on any atom is 0.252 e. The molecular formula is C15H13ClN4O2. The number of halogens is 1. The van der Waals surface area contributed by atoms with Crippen LogP contribution < -0.4 is 10.6 Å². The van der Waals surface area contributed by atoms with Crippen molar-refractivity contribution in [2.75, 3.05) is 18.4 Å².